The molecule has 2 aliphatic rings. The van der Waals surface area contributed by atoms with Crippen LogP contribution in [0.2, 0.25) is 0 Å². The van der Waals surface area contributed by atoms with E-state index < -0.39 is 0 Å². The molecule has 2 fully saturated rings. The summed E-state index contributed by atoms with van der Waals surface area (Å²) in [7, 11) is 0. The smallest absolute Gasteiger partial charge is 0.224 e. The molecule has 0 radical (unpaired) electrons. The Labute approximate surface area is 104 Å². The maximum Gasteiger partial charge on any atom is 0.224 e. The van der Waals surface area contributed by atoms with Gasteiger partial charge in [0.25, 0.3) is 0 Å². The molecule has 94 valence electrons. The van der Waals surface area contributed by atoms with Crippen molar-refractivity contribution in [1.82, 2.24) is 10.6 Å². The van der Waals surface area contributed by atoms with Gasteiger partial charge in [0.15, 0.2) is 0 Å². The Morgan fingerprint density at radius 1 is 1.25 bits per heavy atom. The minimum atomic E-state index is 0. The van der Waals surface area contributed by atoms with E-state index in [9.17, 15) is 4.79 Å². The van der Waals surface area contributed by atoms with Crippen molar-refractivity contribution >= 4 is 18.3 Å². The molecule has 2 rings (SSSR count). The summed E-state index contributed by atoms with van der Waals surface area (Å²) in [6, 6.07) is 0.352. The minimum Gasteiger partial charge on any atom is -0.352 e. The fraction of sp³-hybridized carbons (Fsp3) is 0.917. The van der Waals surface area contributed by atoms with Crippen LogP contribution in [0.4, 0.5) is 0 Å². The van der Waals surface area contributed by atoms with E-state index in [-0.39, 0.29) is 35.1 Å². The number of rotatable bonds is 2. The van der Waals surface area contributed by atoms with Crippen molar-refractivity contribution in [2.24, 2.45) is 16.7 Å². The topological polar surface area (TPSA) is 41.1 Å². The second kappa shape index (κ2) is 4.19. The molecule has 1 aliphatic heterocycles. The van der Waals surface area contributed by atoms with Crippen LogP contribution >= 0.6 is 12.4 Å². The van der Waals surface area contributed by atoms with Gasteiger partial charge in [-0.05, 0) is 23.8 Å². The van der Waals surface area contributed by atoms with Crippen molar-refractivity contribution in [3.8, 4) is 0 Å². The molecule has 1 heterocycles. The first-order valence-corrected chi connectivity index (χ1v) is 5.88. The Morgan fingerprint density at radius 3 is 2.19 bits per heavy atom. The molecule has 4 heteroatoms. The van der Waals surface area contributed by atoms with Gasteiger partial charge in [-0.1, -0.05) is 27.7 Å². The molecule has 1 saturated carbocycles. The standard InChI is InChI=1S/C12H22N2O.ClH/c1-11(2)9(12(11,3)4)10(15)14-8-5-6-13-7-8;/h8-9,13H,5-7H2,1-4H3,(H,14,15);1H. The van der Waals surface area contributed by atoms with Gasteiger partial charge in [-0.2, -0.15) is 0 Å². The summed E-state index contributed by atoms with van der Waals surface area (Å²) in [5.74, 6) is 0.435. The van der Waals surface area contributed by atoms with E-state index >= 15 is 0 Å². The van der Waals surface area contributed by atoms with Gasteiger partial charge in [-0.25, -0.2) is 0 Å². The predicted octanol–water partition coefficient (Wildman–Crippen LogP) is 1.57. The molecular formula is C12H23ClN2O. The van der Waals surface area contributed by atoms with Crippen molar-refractivity contribution < 1.29 is 4.79 Å². The first kappa shape index (κ1) is 13.8. The van der Waals surface area contributed by atoms with Gasteiger partial charge in [0.1, 0.15) is 0 Å². The molecule has 3 nitrogen and oxygen atoms in total. The zero-order chi connectivity index (χ0) is 11.3. The molecule has 0 aromatic rings. The normalized spacial score (nSPS) is 30.6. The second-order valence-electron chi connectivity index (χ2n) is 6.07. The van der Waals surface area contributed by atoms with E-state index in [0.29, 0.717) is 6.04 Å². The molecule has 2 N–H and O–H groups in total. The average molecular weight is 247 g/mol. The van der Waals surface area contributed by atoms with Crippen LogP contribution in [0.1, 0.15) is 34.1 Å². The zero-order valence-corrected chi connectivity index (χ0v) is 11.4. The lowest BCUT2D eigenvalue weighted by atomic mass is 10.0. The summed E-state index contributed by atoms with van der Waals surface area (Å²) in [6.07, 6.45) is 1.07. The van der Waals surface area contributed by atoms with Crippen molar-refractivity contribution in [2.45, 2.75) is 40.2 Å². The lowest BCUT2D eigenvalue weighted by Gasteiger charge is -2.12. The lowest BCUT2D eigenvalue weighted by molar-refractivity contribution is -0.124. The number of hydrogen-bond donors (Lipinski definition) is 2. The molecule has 16 heavy (non-hydrogen) atoms. The average Bonchev–Trinajstić information content (AvgIpc) is 2.53. The zero-order valence-electron chi connectivity index (χ0n) is 10.6. The number of nitrogens with one attached hydrogen (secondary N) is 2. The summed E-state index contributed by atoms with van der Waals surface area (Å²) in [6.45, 7) is 10.7. The van der Waals surface area contributed by atoms with Crippen LogP contribution < -0.4 is 10.6 Å². The van der Waals surface area contributed by atoms with Gasteiger partial charge in [0.2, 0.25) is 5.91 Å². The number of halogens is 1. The minimum absolute atomic E-state index is 0. The molecule has 0 aromatic carbocycles. The highest BCUT2D eigenvalue weighted by atomic mass is 35.5. The van der Waals surface area contributed by atoms with E-state index in [2.05, 4.69) is 38.3 Å². The van der Waals surface area contributed by atoms with Crippen molar-refractivity contribution in [3.05, 3.63) is 0 Å². The van der Waals surface area contributed by atoms with Crippen LogP contribution in [-0.4, -0.2) is 25.0 Å². The third kappa shape index (κ3) is 1.95. The first-order valence-electron chi connectivity index (χ1n) is 5.88. The Morgan fingerprint density at radius 2 is 1.81 bits per heavy atom. The molecule has 1 unspecified atom stereocenters. The predicted molar refractivity (Wildman–Crippen MR) is 67.7 cm³/mol. The SMILES string of the molecule is CC1(C)C(C(=O)NC2CCNC2)C1(C)C.Cl. The number of hydrogen-bond acceptors (Lipinski definition) is 2. The molecule has 1 saturated heterocycles. The van der Waals surface area contributed by atoms with E-state index in [1.54, 1.807) is 0 Å². The van der Waals surface area contributed by atoms with Crippen LogP contribution in [0.15, 0.2) is 0 Å². The van der Waals surface area contributed by atoms with Gasteiger partial charge in [-0.15, -0.1) is 12.4 Å². The summed E-state index contributed by atoms with van der Waals surface area (Å²) in [4.78, 5) is 12.1. The van der Waals surface area contributed by atoms with Crippen LogP contribution in [0.3, 0.4) is 0 Å². The van der Waals surface area contributed by atoms with Gasteiger partial charge in [-0.3, -0.25) is 4.79 Å². The Hall–Kier alpha value is -0.280. The first-order chi connectivity index (χ1) is 6.87. The van der Waals surface area contributed by atoms with Gasteiger partial charge < -0.3 is 10.6 Å². The fourth-order valence-corrected chi connectivity index (χ4v) is 2.91. The number of amides is 1. The van der Waals surface area contributed by atoms with Gasteiger partial charge >= 0.3 is 0 Å². The maximum atomic E-state index is 12.1. The summed E-state index contributed by atoms with van der Waals surface area (Å²) >= 11 is 0. The van der Waals surface area contributed by atoms with E-state index in [1.165, 1.54) is 0 Å². The fourth-order valence-electron chi connectivity index (χ4n) is 2.91. The molecular weight excluding hydrogens is 224 g/mol. The summed E-state index contributed by atoms with van der Waals surface area (Å²) in [5.41, 5.74) is 0.312. The third-order valence-electron chi connectivity index (χ3n) is 4.69. The van der Waals surface area contributed by atoms with E-state index in [0.717, 1.165) is 19.5 Å². The molecule has 1 aliphatic carbocycles. The highest BCUT2D eigenvalue weighted by Crippen LogP contribution is 2.68. The Kier molecular flexibility index (Phi) is 3.61. The summed E-state index contributed by atoms with van der Waals surface area (Å²) in [5, 5.41) is 6.41. The maximum absolute atomic E-state index is 12.1. The monoisotopic (exact) mass is 246 g/mol. The molecule has 0 aromatic heterocycles. The van der Waals surface area contributed by atoms with Crippen LogP contribution in [0.5, 0.6) is 0 Å². The Balaban J connectivity index is 0.00000128. The van der Waals surface area contributed by atoms with Crippen molar-refractivity contribution in [3.63, 3.8) is 0 Å². The lowest BCUT2D eigenvalue weighted by Crippen LogP contribution is -2.38. The molecule has 1 atom stereocenters. The largest absolute Gasteiger partial charge is 0.352 e. The van der Waals surface area contributed by atoms with Crippen LogP contribution in [0.25, 0.3) is 0 Å². The van der Waals surface area contributed by atoms with Crippen molar-refractivity contribution in [1.29, 1.82) is 0 Å². The number of carbonyl (C=O) groups excluding carboxylic acids is 1. The quantitative estimate of drug-likeness (QED) is 0.777. The third-order valence-corrected chi connectivity index (χ3v) is 4.69. The number of carbonyl (C=O) groups is 1. The summed E-state index contributed by atoms with van der Waals surface area (Å²) < 4.78 is 0. The van der Waals surface area contributed by atoms with E-state index in [4.69, 9.17) is 0 Å². The van der Waals surface area contributed by atoms with Crippen LogP contribution in [0, 0.1) is 16.7 Å². The highest BCUT2D eigenvalue weighted by molar-refractivity contribution is 5.85. The van der Waals surface area contributed by atoms with Gasteiger partial charge in [0.05, 0.1) is 0 Å². The molecule has 1 amide bonds. The highest BCUT2D eigenvalue weighted by Gasteiger charge is 2.68. The van der Waals surface area contributed by atoms with E-state index in [1.807, 2.05) is 0 Å². The Bertz CT molecular complexity index is 269. The molecule has 0 bridgehead atoms. The van der Waals surface area contributed by atoms with Gasteiger partial charge in [0, 0.05) is 18.5 Å². The van der Waals surface area contributed by atoms with Crippen molar-refractivity contribution in [2.75, 3.05) is 13.1 Å². The molecule has 0 spiro atoms. The van der Waals surface area contributed by atoms with Crippen LogP contribution in [-0.2, 0) is 4.79 Å². The second-order valence-corrected chi connectivity index (χ2v) is 6.07.